The molecule has 0 aliphatic carbocycles. The van der Waals surface area contributed by atoms with E-state index >= 15 is 0 Å². The quantitative estimate of drug-likeness (QED) is 0.678. The van der Waals surface area contributed by atoms with Crippen LogP contribution in [0.2, 0.25) is 0 Å². The molecule has 1 heterocycles. The highest BCUT2D eigenvalue weighted by molar-refractivity contribution is 5.90. The normalized spacial score (nSPS) is 10.0. The van der Waals surface area contributed by atoms with Gasteiger partial charge >= 0.3 is 0 Å². The summed E-state index contributed by atoms with van der Waals surface area (Å²) >= 11 is 0. The summed E-state index contributed by atoms with van der Waals surface area (Å²) in [7, 11) is 3.09. The number of aryl methyl sites for hydroxylation is 1. The lowest BCUT2D eigenvalue weighted by molar-refractivity contribution is -0.119. The lowest BCUT2D eigenvalue weighted by Crippen LogP contribution is -2.19. The van der Waals surface area contributed by atoms with Gasteiger partial charge in [-0.3, -0.25) is 10.1 Å². The van der Waals surface area contributed by atoms with Crippen LogP contribution in [0.1, 0.15) is 0 Å². The summed E-state index contributed by atoms with van der Waals surface area (Å²) in [6.07, 6.45) is 1.39. The zero-order chi connectivity index (χ0) is 9.84. The summed E-state index contributed by atoms with van der Waals surface area (Å²) in [6.45, 7) is -0.0341. The van der Waals surface area contributed by atoms with Crippen molar-refractivity contribution >= 4 is 11.9 Å². The molecule has 1 amide bonds. The Hall–Kier alpha value is -1.56. The maximum Gasteiger partial charge on any atom is 0.252 e. The molecule has 0 aromatic carbocycles. The predicted molar refractivity (Wildman–Crippen MR) is 45.4 cm³/mol. The van der Waals surface area contributed by atoms with Gasteiger partial charge in [0.25, 0.3) is 5.91 Å². The van der Waals surface area contributed by atoms with Gasteiger partial charge in [-0.15, -0.1) is 0 Å². The topological polar surface area (TPSA) is 76.4 Å². The van der Waals surface area contributed by atoms with Crippen LogP contribution in [0.5, 0.6) is 5.88 Å². The summed E-state index contributed by atoms with van der Waals surface area (Å²) in [4.78, 5) is 14.7. The van der Waals surface area contributed by atoms with Crippen molar-refractivity contribution in [2.24, 2.45) is 7.05 Å². The van der Waals surface area contributed by atoms with Gasteiger partial charge in [-0.1, -0.05) is 0 Å². The number of anilines is 1. The molecule has 0 spiro atoms. The van der Waals surface area contributed by atoms with Gasteiger partial charge in [0, 0.05) is 14.2 Å². The van der Waals surface area contributed by atoms with Crippen molar-refractivity contribution in [3.8, 4) is 5.88 Å². The van der Waals surface area contributed by atoms with Crippen LogP contribution in [-0.2, 0) is 16.6 Å². The minimum absolute atomic E-state index is 0.0341. The molecule has 1 rings (SSSR count). The Morgan fingerprint density at radius 1 is 1.85 bits per heavy atom. The number of carbonyl (C=O) groups excluding carboxylic acids is 1. The Morgan fingerprint density at radius 3 is 3.00 bits per heavy atom. The van der Waals surface area contributed by atoms with Gasteiger partial charge in [-0.05, 0) is 0 Å². The average Bonchev–Trinajstić information content (AvgIpc) is 2.30. The fourth-order valence-electron chi connectivity index (χ4n) is 0.859. The zero-order valence-electron chi connectivity index (χ0n) is 7.44. The van der Waals surface area contributed by atoms with E-state index in [9.17, 15) is 4.79 Å². The highest BCUT2D eigenvalue weighted by atomic mass is 16.5. The summed E-state index contributed by atoms with van der Waals surface area (Å²) in [6, 6.07) is 0. The number of ether oxygens (including phenoxy) is 1. The number of hydrogen-bond donors (Lipinski definition) is 2. The first-order valence-corrected chi connectivity index (χ1v) is 3.64. The monoisotopic (exact) mass is 185 g/mol. The van der Waals surface area contributed by atoms with Crippen LogP contribution in [0.25, 0.3) is 0 Å². The van der Waals surface area contributed by atoms with Crippen LogP contribution < -0.4 is 5.32 Å². The van der Waals surface area contributed by atoms with E-state index in [0.717, 1.165) is 0 Å². The van der Waals surface area contributed by atoms with Gasteiger partial charge in [-0.25, -0.2) is 0 Å². The van der Waals surface area contributed by atoms with Crippen molar-refractivity contribution in [1.82, 2.24) is 9.55 Å². The highest BCUT2D eigenvalue weighted by Gasteiger charge is 2.07. The smallest absolute Gasteiger partial charge is 0.252 e. The fraction of sp³-hybridized carbons (Fsp3) is 0.429. The van der Waals surface area contributed by atoms with Crippen molar-refractivity contribution < 1.29 is 14.6 Å². The van der Waals surface area contributed by atoms with Gasteiger partial charge < -0.3 is 14.4 Å². The maximum atomic E-state index is 11.0. The molecule has 1 aromatic rings. The van der Waals surface area contributed by atoms with E-state index in [1.807, 2.05) is 0 Å². The molecule has 0 saturated heterocycles. The standard InChI is InChI=1S/C7H11N3O3/c1-10-3-5(11)8-7(10)9-6(12)4-13-2/h3,11H,4H2,1-2H3,(H,8,9,12). The number of aromatic nitrogens is 2. The summed E-state index contributed by atoms with van der Waals surface area (Å²) in [5.74, 6) is -0.147. The summed E-state index contributed by atoms with van der Waals surface area (Å²) < 4.78 is 6.11. The lowest BCUT2D eigenvalue weighted by Gasteiger charge is -2.02. The number of carbonyl (C=O) groups is 1. The van der Waals surface area contributed by atoms with Crippen molar-refractivity contribution in [3.05, 3.63) is 6.20 Å². The van der Waals surface area contributed by atoms with Gasteiger partial charge in [0.1, 0.15) is 6.61 Å². The van der Waals surface area contributed by atoms with Crippen LogP contribution in [0.15, 0.2) is 6.20 Å². The second kappa shape index (κ2) is 3.90. The van der Waals surface area contributed by atoms with Gasteiger partial charge in [0.05, 0.1) is 6.20 Å². The number of amides is 1. The molecule has 1 aromatic heterocycles. The van der Waals surface area contributed by atoms with Gasteiger partial charge in [0.15, 0.2) is 0 Å². The number of imidazole rings is 1. The number of hydrogen-bond acceptors (Lipinski definition) is 4. The molecule has 6 heteroatoms. The lowest BCUT2D eigenvalue weighted by atomic mass is 10.6. The molecule has 0 bridgehead atoms. The largest absolute Gasteiger partial charge is 0.492 e. The van der Waals surface area contributed by atoms with Crippen molar-refractivity contribution in [2.45, 2.75) is 0 Å². The first kappa shape index (κ1) is 9.53. The minimum atomic E-state index is -0.309. The van der Waals surface area contributed by atoms with Crippen LogP contribution >= 0.6 is 0 Å². The molecule has 0 saturated carbocycles. The number of aromatic hydroxyl groups is 1. The third-order valence-electron chi connectivity index (χ3n) is 1.39. The number of nitrogens with zero attached hydrogens (tertiary/aromatic N) is 2. The van der Waals surface area contributed by atoms with Crippen molar-refractivity contribution in [1.29, 1.82) is 0 Å². The summed E-state index contributed by atoms with van der Waals surface area (Å²) in [5.41, 5.74) is 0. The van der Waals surface area contributed by atoms with Crippen molar-refractivity contribution in [2.75, 3.05) is 19.0 Å². The average molecular weight is 185 g/mol. The van der Waals surface area contributed by atoms with E-state index in [4.69, 9.17) is 5.11 Å². The number of rotatable bonds is 3. The van der Waals surface area contributed by atoms with E-state index < -0.39 is 0 Å². The molecule has 0 aliphatic heterocycles. The van der Waals surface area contributed by atoms with E-state index in [0.29, 0.717) is 5.95 Å². The first-order valence-electron chi connectivity index (χ1n) is 3.64. The van der Waals surface area contributed by atoms with E-state index in [-0.39, 0.29) is 18.4 Å². The SMILES string of the molecule is COCC(=O)Nc1nc(O)cn1C. The molecule has 0 unspecified atom stereocenters. The van der Waals surface area contributed by atoms with E-state index in [1.165, 1.54) is 17.9 Å². The molecular weight excluding hydrogens is 174 g/mol. The van der Waals surface area contributed by atoms with Crippen LogP contribution in [-0.4, -0.2) is 34.3 Å². The fourth-order valence-corrected chi connectivity index (χ4v) is 0.859. The molecular formula is C7H11N3O3. The molecule has 0 aliphatic rings. The Bertz CT molecular complexity index is 308. The Balaban J connectivity index is 2.63. The third-order valence-corrected chi connectivity index (χ3v) is 1.39. The van der Waals surface area contributed by atoms with Crippen LogP contribution in [0, 0.1) is 0 Å². The second-order valence-electron chi connectivity index (χ2n) is 2.51. The second-order valence-corrected chi connectivity index (χ2v) is 2.51. The van der Waals surface area contributed by atoms with E-state index in [1.54, 1.807) is 7.05 Å². The molecule has 2 N–H and O–H groups in total. The third kappa shape index (κ3) is 2.45. The maximum absolute atomic E-state index is 11.0. The zero-order valence-corrected chi connectivity index (χ0v) is 7.44. The molecule has 6 nitrogen and oxygen atoms in total. The number of nitrogens with one attached hydrogen (secondary N) is 1. The molecule has 0 radical (unpaired) electrons. The predicted octanol–water partition coefficient (Wildman–Crippen LogP) is -0.289. The van der Waals surface area contributed by atoms with Gasteiger partial charge in [0.2, 0.25) is 11.8 Å². The number of methoxy groups -OCH3 is 1. The molecule has 0 fully saturated rings. The first-order chi connectivity index (χ1) is 6.13. The Labute approximate surface area is 75.1 Å². The van der Waals surface area contributed by atoms with Crippen LogP contribution in [0.3, 0.4) is 0 Å². The minimum Gasteiger partial charge on any atom is -0.492 e. The van der Waals surface area contributed by atoms with E-state index in [2.05, 4.69) is 15.0 Å². The van der Waals surface area contributed by atoms with Gasteiger partial charge in [-0.2, -0.15) is 4.98 Å². The molecule has 13 heavy (non-hydrogen) atoms. The van der Waals surface area contributed by atoms with Crippen molar-refractivity contribution in [3.63, 3.8) is 0 Å². The molecule has 72 valence electrons. The highest BCUT2D eigenvalue weighted by Crippen LogP contribution is 2.10. The molecule has 0 atom stereocenters. The Kier molecular flexibility index (Phi) is 2.86. The summed E-state index contributed by atoms with van der Waals surface area (Å²) in [5, 5.41) is 11.4. The van der Waals surface area contributed by atoms with Crippen LogP contribution in [0.4, 0.5) is 5.95 Å². The Morgan fingerprint density at radius 2 is 2.54 bits per heavy atom.